The number of hydrogen-bond donors (Lipinski definition) is 13. The molecule has 0 spiro atoms. The third-order valence-electron chi connectivity index (χ3n) is 9.45. The van der Waals surface area contributed by atoms with Gasteiger partial charge in [-0.15, -0.1) is 0 Å². The van der Waals surface area contributed by atoms with Crippen molar-refractivity contribution in [3.63, 3.8) is 0 Å². The average Bonchev–Trinajstić information content (AvgIpc) is 3.36. The Balaban J connectivity index is 0.000000522. The number of carboxylic acids is 1. The minimum Gasteiger partial charge on any atom is -0.506 e. The first-order chi connectivity index (χ1) is 35.1. The number of amides is 3. The SMILES string of the molecule is C=C1C=CC(=O)C(NC(=O)CC)=C1.O=C(O)C1O[C@@H](O)C(O)[C@@H](O)[C@@H]1O.O=[C+]O.[2H]C(=O)OCc1ccc(O)c(NC(=O)CC)c1.[2H]C(=O)OCc1ccc(O[C@@H]2OC(C(=O)P)[C@@H](O)[C@H](O)C2O)c(NC(=O)CC)c1. The van der Waals surface area contributed by atoms with Crippen molar-refractivity contribution in [3.05, 3.63) is 83.6 Å². The predicted molar refractivity (Wildman–Crippen MR) is 251 cm³/mol. The van der Waals surface area contributed by atoms with E-state index in [4.69, 9.17) is 47.6 Å². The number of nitrogens with one attached hydrogen (secondary N) is 3. The molecule has 0 aromatic heterocycles. The third-order valence-corrected chi connectivity index (χ3v) is 9.78. The Bertz CT molecular complexity index is 2410. The summed E-state index contributed by atoms with van der Waals surface area (Å²) in [6.45, 7) is 8.93. The van der Waals surface area contributed by atoms with E-state index in [2.05, 4.69) is 36.7 Å². The highest BCUT2D eigenvalue weighted by Gasteiger charge is 2.48. The van der Waals surface area contributed by atoms with Crippen molar-refractivity contribution in [1.82, 2.24) is 5.32 Å². The normalized spacial score (nSPS) is 23.9. The molecule has 5 rings (SSSR count). The third kappa shape index (κ3) is 21.2. The summed E-state index contributed by atoms with van der Waals surface area (Å²) in [6, 6.07) is 8.73. The number of aliphatic hydroxyl groups is 7. The highest BCUT2D eigenvalue weighted by atomic mass is 31.0. The number of aliphatic carboxylic acids is 1. The maximum Gasteiger partial charge on any atom is 0.794 e. The lowest BCUT2D eigenvalue weighted by atomic mass is 9.99. The van der Waals surface area contributed by atoms with E-state index in [9.17, 15) is 58.8 Å². The van der Waals surface area contributed by atoms with Gasteiger partial charge in [-0.25, -0.2) is 9.90 Å². The average molecular weight is 1060 g/mol. The molecule has 2 aromatic rings. The second kappa shape index (κ2) is 32.8. The highest BCUT2D eigenvalue weighted by Crippen LogP contribution is 2.32. The number of carboxylic acid groups (broad SMARTS) is 1. The van der Waals surface area contributed by atoms with Crippen LogP contribution in [0.5, 0.6) is 11.5 Å². The molecule has 2 saturated heterocycles. The zero-order valence-electron chi connectivity index (χ0n) is 41.0. The number of ether oxygens (including phenoxy) is 5. The molecule has 73 heavy (non-hydrogen) atoms. The van der Waals surface area contributed by atoms with Gasteiger partial charge in [-0.2, -0.15) is 0 Å². The predicted octanol–water partition coefficient (Wildman–Crippen LogP) is -1.72. The number of anilines is 2. The minimum absolute atomic E-state index is 0.0374. The molecule has 5 unspecified atom stereocenters. The summed E-state index contributed by atoms with van der Waals surface area (Å²) >= 11 is 0. The molecule has 0 bridgehead atoms. The molecule has 400 valence electrons. The number of aliphatic hydroxyl groups excluding tert-OH is 8. The molecule has 2 fully saturated rings. The van der Waals surface area contributed by atoms with E-state index in [0.717, 1.165) is 0 Å². The van der Waals surface area contributed by atoms with E-state index >= 15 is 0 Å². The summed E-state index contributed by atoms with van der Waals surface area (Å²) in [4.78, 5) is 96.3. The quantitative estimate of drug-likeness (QED) is 0.0433. The first kappa shape index (κ1) is 60.2. The number of phenolic OH excluding ortho intramolecular Hbond substituents is 1. The molecule has 1 aliphatic carbocycles. The van der Waals surface area contributed by atoms with Gasteiger partial charge in [-0.05, 0) is 53.1 Å². The van der Waals surface area contributed by atoms with Crippen molar-refractivity contribution in [2.75, 3.05) is 10.6 Å². The van der Waals surface area contributed by atoms with Crippen LogP contribution in [0.15, 0.2) is 72.5 Å². The van der Waals surface area contributed by atoms with Crippen LogP contribution in [-0.2, 0) is 75.3 Å². The number of allylic oxidation sites excluding steroid dienone is 4. The van der Waals surface area contributed by atoms with E-state index < -0.39 is 85.8 Å². The van der Waals surface area contributed by atoms with Crippen LogP contribution in [0.1, 0.15) is 53.9 Å². The molecule has 3 aliphatic rings. The standard InChI is InChI=1S/C17H22NO9P.C11H13NO4.C10H11NO2.C6H10O7.CHO2/c1-2-11(20)18-9-5-8(6-25-7-19)3-4-10(9)26-17-14(23)12(21)13(22)15(27-17)16(24)28;1-2-11(15)12-9-5-8(6-16-7-13)3-4-10(9)14;1-3-10(13)11-8-6-7(2)4-5-9(8)12;7-1-2(8)4(5(10)11)13-6(12)3(1)9;2-1-3/h3-5,7,12-15,17,21-23H,2,6,28H2,1H3,(H,18,20);3-5,7,14H,2,6H2,1H3,(H,12,15);4-6H,2-3H2,1H3,(H,11,13);1-4,6-9,12H,(H,10,11);(H,2,3)/q;;;;+1/t12-,13-,14?,15?,17+;;;1-,2-,3?,4?,6+;/m0..0./s1/i2*7D;;;. The summed E-state index contributed by atoms with van der Waals surface area (Å²) in [7, 11) is 1.82. The van der Waals surface area contributed by atoms with Crippen molar-refractivity contribution >= 4 is 75.0 Å². The van der Waals surface area contributed by atoms with Crippen LogP contribution in [0.25, 0.3) is 0 Å². The lowest BCUT2D eigenvalue weighted by Gasteiger charge is -2.39. The fraction of sp³-hybridized carbons (Fsp3) is 0.400. The molecule has 3 amide bonds. The fourth-order valence-corrected chi connectivity index (χ4v) is 5.90. The van der Waals surface area contributed by atoms with Crippen molar-refractivity contribution in [3.8, 4) is 11.5 Å². The van der Waals surface area contributed by atoms with Gasteiger partial charge in [-0.1, -0.05) is 54.8 Å². The van der Waals surface area contributed by atoms with E-state index in [1.54, 1.807) is 39.0 Å². The van der Waals surface area contributed by atoms with Gasteiger partial charge in [0.25, 0.3) is 12.9 Å². The summed E-state index contributed by atoms with van der Waals surface area (Å²) < 4.78 is 37.6. The Morgan fingerprint density at radius 1 is 0.740 bits per heavy atom. The topological polar surface area (TPSA) is 438 Å². The molecule has 27 nitrogen and oxygen atoms in total. The first-order valence-electron chi connectivity index (χ1n) is 22.2. The van der Waals surface area contributed by atoms with Gasteiger partial charge in [0.2, 0.25) is 29.8 Å². The first-order valence-corrected chi connectivity index (χ1v) is 21.8. The summed E-state index contributed by atoms with van der Waals surface area (Å²) in [6.07, 6.45) is -13.7. The van der Waals surface area contributed by atoms with Gasteiger partial charge in [0.1, 0.15) is 61.3 Å². The van der Waals surface area contributed by atoms with E-state index in [-0.39, 0.29) is 66.0 Å². The van der Waals surface area contributed by atoms with Gasteiger partial charge >= 0.3 is 12.4 Å². The molecule has 11 atom stereocenters. The highest BCUT2D eigenvalue weighted by molar-refractivity contribution is 7.40. The molecular weight excluding hydrogens is 997 g/mol. The molecule has 2 aromatic carbocycles. The largest absolute Gasteiger partial charge is 0.794 e. The second-order valence-corrected chi connectivity index (χ2v) is 15.3. The molecular formula is C45H57N3O24P+. The van der Waals surface area contributed by atoms with Crippen LogP contribution in [0.4, 0.5) is 11.4 Å². The lowest BCUT2D eigenvalue weighted by molar-refractivity contribution is -0.279. The maximum atomic E-state index is 11.8. The Hall–Kier alpha value is -7.13. The number of carbonyl (C=O) groups excluding carboxylic acids is 7. The Morgan fingerprint density at radius 2 is 1.22 bits per heavy atom. The minimum atomic E-state index is -1.81. The van der Waals surface area contributed by atoms with Gasteiger partial charge in [-0.3, -0.25) is 33.6 Å². The summed E-state index contributed by atoms with van der Waals surface area (Å²) in [5, 5.41) is 98.2. The van der Waals surface area contributed by atoms with Crippen LogP contribution < -0.4 is 20.7 Å². The Kier molecular flexibility index (Phi) is 27.0. The number of rotatable bonds is 14. The molecule has 28 heteroatoms. The van der Waals surface area contributed by atoms with E-state index in [1.807, 2.05) is 9.24 Å². The summed E-state index contributed by atoms with van der Waals surface area (Å²) in [5.74, 6) is -2.48. The Labute approximate surface area is 420 Å². The van der Waals surface area contributed by atoms with Crippen LogP contribution in [0.3, 0.4) is 0 Å². The number of ketones is 1. The van der Waals surface area contributed by atoms with Crippen LogP contribution in [-0.4, -0.2) is 167 Å². The number of carbonyl (C=O) groups is 8. The molecule has 2 heterocycles. The number of benzene rings is 2. The van der Waals surface area contributed by atoms with Crippen molar-refractivity contribution in [1.29, 1.82) is 0 Å². The molecule has 0 saturated carbocycles. The fourth-order valence-electron chi connectivity index (χ4n) is 5.63. The van der Waals surface area contributed by atoms with Crippen LogP contribution in [0.2, 0.25) is 0 Å². The van der Waals surface area contributed by atoms with Gasteiger partial charge < -0.3 is 85.6 Å². The van der Waals surface area contributed by atoms with Crippen molar-refractivity contribution in [2.24, 2.45) is 0 Å². The van der Waals surface area contributed by atoms with Crippen LogP contribution in [0, 0.1) is 0 Å². The summed E-state index contributed by atoms with van der Waals surface area (Å²) in [5.41, 5.74) is 1.81. The Morgan fingerprint density at radius 3 is 1.73 bits per heavy atom. The smallest absolute Gasteiger partial charge is 0.506 e. The van der Waals surface area contributed by atoms with Crippen molar-refractivity contribution in [2.45, 2.75) is 115 Å². The molecule has 2 aliphatic heterocycles. The van der Waals surface area contributed by atoms with Gasteiger partial charge in [0.15, 0.2) is 26.8 Å². The zero-order valence-corrected chi connectivity index (χ0v) is 40.1. The van der Waals surface area contributed by atoms with Crippen molar-refractivity contribution < 1.29 is 121 Å². The van der Waals surface area contributed by atoms with Gasteiger partial charge in [0.05, 0.1) is 21.9 Å². The van der Waals surface area contributed by atoms with Crippen LogP contribution >= 0.6 is 9.24 Å². The second-order valence-electron chi connectivity index (χ2n) is 14.7. The number of aromatic hydroxyl groups is 1. The monoisotopic (exact) mass is 1060 g/mol. The molecule has 0 radical (unpaired) electrons. The molecule has 13 N–H and O–H groups in total. The maximum absolute atomic E-state index is 11.8. The number of phenols is 1. The van der Waals surface area contributed by atoms with E-state index in [0.29, 0.717) is 41.7 Å². The zero-order chi connectivity index (χ0) is 57.3. The lowest BCUT2D eigenvalue weighted by Crippen LogP contribution is -2.60. The van der Waals surface area contributed by atoms with E-state index in [1.165, 1.54) is 36.4 Å². The number of hydrogen-bond acceptors (Lipinski definition) is 22. The van der Waals surface area contributed by atoms with Gasteiger partial charge in [0, 0.05) is 19.3 Å².